The average molecular weight is 240 g/mol. The summed E-state index contributed by atoms with van der Waals surface area (Å²) < 4.78 is 0. The highest BCUT2D eigenvalue weighted by molar-refractivity contribution is 5.06. The molecule has 18 heavy (non-hydrogen) atoms. The first-order valence-corrected chi connectivity index (χ1v) is 6.27. The summed E-state index contributed by atoms with van der Waals surface area (Å²) in [5.41, 5.74) is 2.21. The molecule has 0 amide bonds. The molecule has 0 fully saturated rings. The fourth-order valence-corrected chi connectivity index (χ4v) is 1.69. The van der Waals surface area contributed by atoms with Crippen molar-refractivity contribution in [2.45, 2.75) is 19.4 Å². The number of nitrogens with one attached hydrogen (secondary N) is 1. The van der Waals surface area contributed by atoms with Gasteiger partial charge >= 0.3 is 0 Å². The zero-order valence-corrected chi connectivity index (χ0v) is 10.4. The fraction of sp³-hybridized carbons (Fsp3) is 0.267. The van der Waals surface area contributed by atoms with Crippen molar-refractivity contribution in [3.63, 3.8) is 0 Å². The Balaban J connectivity index is 1.54. The van der Waals surface area contributed by atoms with E-state index in [0.29, 0.717) is 0 Å². The molecular weight excluding hydrogens is 222 g/mol. The van der Waals surface area contributed by atoms with Crippen molar-refractivity contribution in [3.05, 3.63) is 66.6 Å². The van der Waals surface area contributed by atoms with Gasteiger partial charge in [0.2, 0.25) is 0 Å². The van der Waals surface area contributed by atoms with Crippen LogP contribution < -0.4 is 5.32 Å². The first kappa shape index (κ1) is 12.7. The second kappa shape index (κ2) is 7.56. The van der Waals surface area contributed by atoms with Gasteiger partial charge in [0.05, 0.1) is 5.69 Å². The summed E-state index contributed by atoms with van der Waals surface area (Å²) in [4.78, 5) is 8.54. The molecule has 0 spiro atoms. The molecule has 0 atom stereocenters. The minimum atomic E-state index is 0.832. The van der Waals surface area contributed by atoms with Crippen LogP contribution in [0.25, 0.3) is 0 Å². The van der Waals surface area contributed by atoms with Gasteiger partial charge in [0.1, 0.15) is 0 Å². The summed E-state index contributed by atoms with van der Waals surface area (Å²) in [6.45, 7) is 1.81. The van der Waals surface area contributed by atoms with Gasteiger partial charge in [0, 0.05) is 24.6 Å². The van der Waals surface area contributed by atoms with Gasteiger partial charge in [0.15, 0.2) is 0 Å². The molecule has 2 aromatic heterocycles. The van der Waals surface area contributed by atoms with E-state index in [2.05, 4.69) is 27.8 Å². The molecule has 2 aromatic rings. The molecule has 0 aliphatic rings. The molecule has 1 radical (unpaired) electrons. The van der Waals surface area contributed by atoms with Crippen LogP contribution in [0.4, 0.5) is 0 Å². The molecule has 2 rings (SSSR count). The maximum Gasteiger partial charge on any atom is 0.0541 e. The van der Waals surface area contributed by atoms with Crippen molar-refractivity contribution in [2.24, 2.45) is 0 Å². The SMILES string of the molecule is [CH](CCNCc1ccccn1)Cc1ccccn1. The highest BCUT2D eigenvalue weighted by Gasteiger charge is 1.95. The van der Waals surface area contributed by atoms with Crippen molar-refractivity contribution in [1.82, 2.24) is 15.3 Å². The van der Waals surface area contributed by atoms with E-state index in [9.17, 15) is 0 Å². The fourth-order valence-electron chi connectivity index (χ4n) is 1.69. The summed E-state index contributed by atoms with van der Waals surface area (Å²) >= 11 is 0. The maximum absolute atomic E-state index is 4.28. The predicted octanol–water partition coefficient (Wildman–Crippen LogP) is 2.40. The Morgan fingerprint density at radius 3 is 2.33 bits per heavy atom. The Labute approximate surface area is 108 Å². The Morgan fingerprint density at radius 2 is 1.67 bits per heavy atom. The van der Waals surface area contributed by atoms with E-state index in [1.807, 2.05) is 42.7 Å². The van der Waals surface area contributed by atoms with Gasteiger partial charge in [-0.1, -0.05) is 12.1 Å². The first-order chi connectivity index (χ1) is 8.95. The molecule has 0 aliphatic carbocycles. The molecule has 0 aliphatic heterocycles. The number of nitrogens with zero attached hydrogens (tertiary/aromatic N) is 2. The zero-order chi connectivity index (χ0) is 12.5. The molecule has 0 bridgehead atoms. The Morgan fingerprint density at radius 1 is 0.944 bits per heavy atom. The third-order valence-corrected chi connectivity index (χ3v) is 2.64. The predicted molar refractivity (Wildman–Crippen MR) is 72.8 cm³/mol. The molecule has 2 heterocycles. The van der Waals surface area contributed by atoms with Gasteiger partial charge in [-0.15, -0.1) is 0 Å². The Bertz CT molecular complexity index is 385. The summed E-state index contributed by atoms with van der Waals surface area (Å²) in [6, 6.07) is 12.0. The number of unbranched alkanes of at least 4 members (excludes halogenated alkanes) is 1. The number of rotatable bonds is 7. The molecular formula is C15H18N3. The second-order valence-electron chi connectivity index (χ2n) is 4.10. The van der Waals surface area contributed by atoms with Crippen LogP contribution in [0.3, 0.4) is 0 Å². The van der Waals surface area contributed by atoms with E-state index in [1.165, 1.54) is 0 Å². The maximum atomic E-state index is 4.28. The van der Waals surface area contributed by atoms with E-state index < -0.39 is 0 Å². The molecule has 3 heteroatoms. The summed E-state index contributed by atoms with van der Waals surface area (Å²) in [7, 11) is 0. The van der Waals surface area contributed by atoms with Crippen molar-refractivity contribution < 1.29 is 0 Å². The van der Waals surface area contributed by atoms with Crippen LogP contribution >= 0.6 is 0 Å². The van der Waals surface area contributed by atoms with E-state index >= 15 is 0 Å². The average Bonchev–Trinajstić information content (AvgIpc) is 2.45. The topological polar surface area (TPSA) is 37.8 Å². The lowest BCUT2D eigenvalue weighted by molar-refractivity contribution is 0.664. The first-order valence-electron chi connectivity index (χ1n) is 6.27. The number of pyridine rings is 2. The number of hydrogen-bond acceptors (Lipinski definition) is 3. The molecule has 0 aromatic carbocycles. The Kier molecular flexibility index (Phi) is 5.34. The van der Waals surface area contributed by atoms with Crippen molar-refractivity contribution in [3.8, 4) is 0 Å². The molecule has 0 unspecified atom stereocenters. The van der Waals surface area contributed by atoms with Crippen LogP contribution in [0.15, 0.2) is 48.8 Å². The monoisotopic (exact) mass is 240 g/mol. The number of aromatic nitrogens is 2. The Hall–Kier alpha value is -1.74. The summed E-state index contributed by atoms with van der Waals surface area (Å²) in [6.07, 6.45) is 7.90. The lowest BCUT2D eigenvalue weighted by Crippen LogP contribution is -2.15. The molecule has 93 valence electrons. The standard InChI is InChI=1S/C15H18N3/c1(7-14-8-2-5-11-17-14)4-10-16-13-15-9-3-6-12-18-15/h1-3,5-6,8-9,11-12,16H,4,7,10,13H2. The van der Waals surface area contributed by atoms with Crippen LogP contribution in [0.1, 0.15) is 17.8 Å². The van der Waals surface area contributed by atoms with Gasteiger partial charge in [0.25, 0.3) is 0 Å². The normalized spacial score (nSPS) is 10.4. The molecule has 0 saturated carbocycles. The minimum absolute atomic E-state index is 0.832. The lowest BCUT2D eigenvalue weighted by Gasteiger charge is -2.04. The molecule has 0 saturated heterocycles. The molecule has 3 nitrogen and oxygen atoms in total. The van der Waals surface area contributed by atoms with E-state index in [4.69, 9.17) is 0 Å². The second-order valence-corrected chi connectivity index (χ2v) is 4.10. The van der Waals surface area contributed by atoms with E-state index in [1.54, 1.807) is 0 Å². The van der Waals surface area contributed by atoms with Gasteiger partial charge in [-0.25, -0.2) is 0 Å². The summed E-state index contributed by atoms with van der Waals surface area (Å²) in [5.74, 6) is 0. The van der Waals surface area contributed by atoms with E-state index in [0.717, 1.165) is 37.3 Å². The smallest absolute Gasteiger partial charge is 0.0541 e. The lowest BCUT2D eigenvalue weighted by atomic mass is 10.2. The molecule has 1 N–H and O–H groups in total. The van der Waals surface area contributed by atoms with Gasteiger partial charge in [-0.3, -0.25) is 9.97 Å². The minimum Gasteiger partial charge on any atom is -0.311 e. The quantitative estimate of drug-likeness (QED) is 0.755. The van der Waals surface area contributed by atoms with E-state index in [-0.39, 0.29) is 0 Å². The van der Waals surface area contributed by atoms with Crippen LogP contribution in [0.5, 0.6) is 0 Å². The van der Waals surface area contributed by atoms with Crippen molar-refractivity contribution >= 4 is 0 Å². The van der Waals surface area contributed by atoms with Crippen LogP contribution in [-0.2, 0) is 13.0 Å². The van der Waals surface area contributed by atoms with Gasteiger partial charge < -0.3 is 5.32 Å². The highest BCUT2D eigenvalue weighted by atomic mass is 14.9. The van der Waals surface area contributed by atoms with Crippen molar-refractivity contribution in [1.29, 1.82) is 0 Å². The van der Waals surface area contributed by atoms with Crippen LogP contribution in [0, 0.1) is 6.42 Å². The number of hydrogen-bond donors (Lipinski definition) is 1. The van der Waals surface area contributed by atoms with Gasteiger partial charge in [-0.2, -0.15) is 0 Å². The van der Waals surface area contributed by atoms with Crippen LogP contribution in [-0.4, -0.2) is 16.5 Å². The zero-order valence-electron chi connectivity index (χ0n) is 10.4. The third kappa shape index (κ3) is 4.63. The van der Waals surface area contributed by atoms with Crippen molar-refractivity contribution in [2.75, 3.05) is 6.54 Å². The largest absolute Gasteiger partial charge is 0.311 e. The van der Waals surface area contributed by atoms with Gasteiger partial charge in [-0.05, 0) is 50.1 Å². The van der Waals surface area contributed by atoms with Crippen LogP contribution in [0.2, 0.25) is 0 Å². The third-order valence-electron chi connectivity index (χ3n) is 2.64. The summed E-state index contributed by atoms with van der Waals surface area (Å²) in [5, 5.41) is 3.37. The highest BCUT2D eigenvalue weighted by Crippen LogP contribution is 1.99.